The zero-order valence-corrected chi connectivity index (χ0v) is 10.9. The molecule has 5 heteroatoms. The number of nitrogens with zero attached hydrogens (tertiary/aromatic N) is 1. The summed E-state index contributed by atoms with van der Waals surface area (Å²) in [6, 6.07) is 2.45. The number of hydrogen-bond acceptors (Lipinski definition) is 3. The summed E-state index contributed by atoms with van der Waals surface area (Å²) in [5.74, 6) is 0. The number of aryl methyl sites for hydroxylation is 1. The van der Waals surface area contributed by atoms with Crippen LogP contribution in [0.3, 0.4) is 0 Å². The van der Waals surface area contributed by atoms with Crippen molar-refractivity contribution in [3.05, 3.63) is 35.5 Å². The summed E-state index contributed by atoms with van der Waals surface area (Å²) in [4.78, 5) is 14.2. The van der Waals surface area contributed by atoms with Crippen LogP contribution in [0.25, 0.3) is 10.9 Å². The highest BCUT2D eigenvalue weighted by Gasteiger charge is 2.22. The summed E-state index contributed by atoms with van der Waals surface area (Å²) in [7, 11) is 0. The zero-order chi connectivity index (χ0) is 25.2. The Balaban J connectivity index is 2.02. The molecule has 21 heavy (non-hydrogen) atoms. The van der Waals surface area contributed by atoms with Crippen molar-refractivity contribution in [2.45, 2.75) is 18.8 Å². The molecule has 2 N–H and O–H groups in total. The van der Waals surface area contributed by atoms with Gasteiger partial charge in [0.05, 0.1) is 8.78 Å². The number of rotatable bonds is 5. The standard InChI is InChI=1S/C16H21N3O2/c1-19(2)6-5-12-9-17-15-4-3-11(8-14(12)15)7-13-10-21-16(20)18-13/h3-4,8-9,13,17H,5-7,10H2,1-2H3,(H,18,20)/t13-/m0/s1/i1D3,2D3,6D2,7D2,10D2. The lowest BCUT2D eigenvalue weighted by atomic mass is 10.0. The Morgan fingerprint density at radius 3 is 3.24 bits per heavy atom. The van der Waals surface area contributed by atoms with E-state index in [1.54, 1.807) is 0 Å². The number of benzene rings is 1. The Bertz CT molecular complexity index is 1050. The van der Waals surface area contributed by atoms with E-state index in [9.17, 15) is 4.79 Å². The number of ether oxygens (including phenoxy) is 1. The second-order valence-corrected chi connectivity index (χ2v) is 4.47. The van der Waals surface area contributed by atoms with Crippen LogP contribution in [0.5, 0.6) is 0 Å². The first-order valence-electron chi connectivity index (χ1n) is 12.2. The summed E-state index contributed by atoms with van der Waals surface area (Å²) >= 11 is 0. The van der Waals surface area contributed by atoms with Crippen LogP contribution >= 0.6 is 0 Å². The fraction of sp³-hybridized carbons (Fsp3) is 0.438. The molecule has 1 amide bonds. The molecule has 0 radical (unpaired) electrons. The molecule has 0 aliphatic carbocycles. The van der Waals surface area contributed by atoms with Crippen molar-refractivity contribution in [2.24, 2.45) is 0 Å². The van der Waals surface area contributed by atoms with Gasteiger partial charge in [0.25, 0.3) is 0 Å². The van der Waals surface area contributed by atoms with Crippen LogP contribution in [-0.2, 0) is 17.5 Å². The van der Waals surface area contributed by atoms with Gasteiger partial charge < -0.3 is 19.9 Å². The highest BCUT2D eigenvalue weighted by Crippen LogP contribution is 2.21. The van der Waals surface area contributed by atoms with Crippen molar-refractivity contribution in [3.8, 4) is 0 Å². The first-order valence-corrected chi connectivity index (χ1v) is 6.17. The smallest absolute Gasteiger partial charge is 0.407 e. The van der Waals surface area contributed by atoms with Crippen LogP contribution in [0.4, 0.5) is 4.79 Å². The van der Waals surface area contributed by atoms with Gasteiger partial charge in [0.15, 0.2) is 0 Å². The number of fused-ring (bicyclic) bond motifs is 1. The number of aromatic nitrogens is 1. The molecule has 2 heterocycles. The van der Waals surface area contributed by atoms with Crippen LogP contribution in [0, 0.1) is 0 Å². The first kappa shape index (κ1) is 5.65. The van der Waals surface area contributed by atoms with E-state index in [0.29, 0.717) is 5.52 Å². The third-order valence-electron chi connectivity index (χ3n) is 3.04. The maximum atomic E-state index is 11.5. The predicted molar refractivity (Wildman–Crippen MR) is 82.5 cm³/mol. The largest absolute Gasteiger partial charge is 0.447 e. The number of nitrogens with one attached hydrogen (secondary N) is 2. The molecule has 112 valence electrons. The minimum atomic E-state index is -3.25. The molecule has 1 aromatic heterocycles. The van der Waals surface area contributed by atoms with Crippen molar-refractivity contribution >= 4 is 17.0 Å². The number of alkyl carbamates (subject to hydrolysis) is 1. The summed E-state index contributed by atoms with van der Waals surface area (Å²) in [6.45, 7) is -12.0. The summed E-state index contributed by atoms with van der Waals surface area (Å²) < 4.78 is 98.2. The Hall–Kier alpha value is -2.01. The van der Waals surface area contributed by atoms with E-state index < -0.39 is 51.9 Å². The quantitative estimate of drug-likeness (QED) is 0.887. The summed E-state index contributed by atoms with van der Waals surface area (Å²) in [5.41, 5.74) is 0.560. The van der Waals surface area contributed by atoms with Gasteiger partial charge in [0.2, 0.25) is 0 Å². The molecule has 1 saturated heterocycles. The number of hydrogen-bond donors (Lipinski definition) is 2. The first-order chi connectivity index (χ1) is 14.8. The molecular weight excluding hydrogens is 266 g/mol. The molecule has 0 saturated carbocycles. The summed E-state index contributed by atoms with van der Waals surface area (Å²) in [5, 5.41) is 2.39. The second-order valence-electron chi connectivity index (χ2n) is 4.47. The van der Waals surface area contributed by atoms with E-state index >= 15 is 0 Å². The van der Waals surface area contributed by atoms with Gasteiger partial charge in [0, 0.05) is 37.3 Å². The van der Waals surface area contributed by atoms with Gasteiger partial charge in [-0.2, -0.15) is 0 Å². The number of amides is 1. The van der Waals surface area contributed by atoms with Crippen molar-refractivity contribution in [1.29, 1.82) is 0 Å². The maximum absolute atomic E-state index is 11.5. The van der Waals surface area contributed by atoms with Crippen molar-refractivity contribution < 1.29 is 26.0 Å². The van der Waals surface area contributed by atoms with Gasteiger partial charge >= 0.3 is 6.09 Å². The third-order valence-corrected chi connectivity index (χ3v) is 3.04. The molecule has 1 fully saturated rings. The number of H-pyrrole nitrogens is 1. The van der Waals surface area contributed by atoms with Gasteiger partial charge in [-0.25, -0.2) is 4.79 Å². The van der Waals surface area contributed by atoms with Crippen molar-refractivity contribution in [1.82, 2.24) is 15.2 Å². The highest BCUT2D eigenvalue weighted by atomic mass is 16.6. The van der Waals surface area contributed by atoms with E-state index in [2.05, 4.69) is 15.0 Å². The Kier molecular flexibility index (Phi) is 1.55. The van der Waals surface area contributed by atoms with Gasteiger partial charge in [-0.05, 0) is 50.0 Å². The number of carbonyl (C=O) groups excluding carboxylic acids is 1. The molecule has 0 bridgehead atoms. The van der Waals surface area contributed by atoms with Gasteiger partial charge in [0.1, 0.15) is 6.56 Å². The van der Waals surface area contributed by atoms with E-state index in [4.69, 9.17) is 16.4 Å². The topological polar surface area (TPSA) is 57.4 Å². The predicted octanol–water partition coefficient (Wildman–Crippen LogP) is 1.92. The monoisotopic (exact) mass is 299 g/mol. The van der Waals surface area contributed by atoms with Crippen LogP contribution in [0.15, 0.2) is 24.4 Å². The average Bonchev–Trinajstić information content (AvgIpc) is 3.10. The van der Waals surface area contributed by atoms with E-state index in [1.807, 2.05) is 0 Å². The highest BCUT2D eigenvalue weighted by molar-refractivity contribution is 5.84. The fourth-order valence-electron chi connectivity index (χ4n) is 2.10. The second kappa shape index (κ2) is 5.77. The van der Waals surface area contributed by atoms with Crippen LogP contribution < -0.4 is 5.32 Å². The van der Waals surface area contributed by atoms with E-state index in [-0.39, 0.29) is 21.4 Å². The van der Waals surface area contributed by atoms with Crippen molar-refractivity contribution in [3.63, 3.8) is 0 Å². The maximum Gasteiger partial charge on any atom is 0.407 e. The number of aromatic amines is 1. The molecular formula is C16H21N3O2. The number of carbonyl (C=O) groups is 1. The third kappa shape index (κ3) is 3.19. The minimum Gasteiger partial charge on any atom is -0.447 e. The molecule has 1 aliphatic rings. The molecule has 2 aromatic rings. The molecule has 0 unspecified atom stereocenters. The zero-order valence-electron chi connectivity index (χ0n) is 22.9. The lowest BCUT2D eigenvalue weighted by molar-refractivity contribution is 0.177. The van der Waals surface area contributed by atoms with Crippen LogP contribution in [0.2, 0.25) is 0 Å². The number of likely N-dealkylation sites (N-methyl/N-ethyl adjacent to an activating group) is 1. The van der Waals surface area contributed by atoms with E-state index in [0.717, 1.165) is 0 Å². The lowest BCUT2D eigenvalue weighted by Gasteiger charge is -2.09. The normalized spacial score (nSPS) is 31.7. The Labute approximate surface area is 141 Å². The molecule has 1 aliphatic heterocycles. The van der Waals surface area contributed by atoms with Crippen LogP contribution in [-0.4, -0.2) is 49.0 Å². The molecule has 3 rings (SSSR count). The fourth-order valence-corrected chi connectivity index (χ4v) is 2.10. The number of cyclic esters (lactones) is 1. The van der Waals surface area contributed by atoms with Gasteiger partial charge in [-0.15, -0.1) is 0 Å². The summed E-state index contributed by atoms with van der Waals surface area (Å²) in [6.07, 6.45) is -2.85. The SMILES string of the molecule is [2H]C1([2H])OC(=O)N[C@H]1C([2H])([2H])c1ccc2[nH]cc(CC([2H])([2H])N(C([2H])([2H])[2H])C([2H])([2H])[2H])c2c1. The minimum absolute atomic E-state index is 0.0559. The molecule has 1 aromatic carbocycles. The lowest BCUT2D eigenvalue weighted by Crippen LogP contribution is -2.28. The van der Waals surface area contributed by atoms with E-state index in [1.165, 1.54) is 24.4 Å². The van der Waals surface area contributed by atoms with Crippen LogP contribution in [0.1, 0.15) is 27.6 Å². The molecule has 1 atom stereocenters. The molecule has 0 spiro atoms. The van der Waals surface area contributed by atoms with Gasteiger partial charge in [-0.1, -0.05) is 6.07 Å². The average molecular weight is 299 g/mol. The van der Waals surface area contributed by atoms with Crippen molar-refractivity contribution in [2.75, 3.05) is 27.0 Å². The van der Waals surface area contributed by atoms with Gasteiger partial charge in [-0.3, -0.25) is 0 Å². The Morgan fingerprint density at radius 1 is 1.57 bits per heavy atom. The Morgan fingerprint density at radius 2 is 2.48 bits per heavy atom. The molecule has 5 nitrogen and oxygen atoms in total.